The number of rotatable bonds is 6. The number of fused-ring (bicyclic) bond motifs is 1. The first-order chi connectivity index (χ1) is 13.3. The van der Waals surface area contributed by atoms with E-state index in [9.17, 15) is 24.2 Å². The lowest BCUT2D eigenvalue weighted by molar-refractivity contribution is -0.163. The second kappa shape index (κ2) is 7.17. The fourth-order valence-corrected chi connectivity index (χ4v) is 6.01. The Balaban J connectivity index is 1.41. The van der Waals surface area contributed by atoms with Crippen LogP contribution in [0.4, 0.5) is 4.39 Å². The van der Waals surface area contributed by atoms with Crippen LogP contribution in [0.5, 0.6) is 0 Å². The molecule has 6 nitrogen and oxygen atoms in total. The quantitative estimate of drug-likeness (QED) is 0.703. The number of carbonyl (C=O) groups is 2. The van der Waals surface area contributed by atoms with Crippen molar-refractivity contribution in [3.05, 3.63) is 46.2 Å². The Morgan fingerprint density at radius 2 is 1.96 bits per heavy atom. The maximum Gasteiger partial charge on any atom is 0.353 e. The summed E-state index contributed by atoms with van der Waals surface area (Å²) < 4.78 is 13.0. The van der Waals surface area contributed by atoms with E-state index in [2.05, 4.69) is 4.90 Å². The number of thioether (sulfide) groups is 1. The molecular weight excluding hydrogens is 383 g/mol. The number of carboxylic acids is 1. The van der Waals surface area contributed by atoms with Gasteiger partial charge in [0, 0.05) is 35.7 Å². The predicted molar refractivity (Wildman–Crippen MR) is 103 cm³/mol. The smallest absolute Gasteiger partial charge is 0.353 e. The van der Waals surface area contributed by atoms with E-state index in [0.717, 1.165) is 30.1 Å². The second-order valence-corrected chi connectivity index (χ2v) is 9.17. The summed E-state index contributed by atoms with van der Waals surface area (Å²) in [4.78, 5) is 28.5. The molecule has 28 heavy (non-hydrogen) atoms. The Kier molecular flexibility index (Phi) is 4.97. The summed E-state index contributed by atoms with van der Waals surface area (Å²) >= 11 is 1.54. The Bertz CT molecular complexity index is 835. The number of likely N-dealkylation sites (tertiary alicyclic amines) is 1. The van der Waals surface area contributed by atoms with Gasteiger partial charge in [0.2, 0.25) is 5.91 Å². The van der Waals surface area contributed by atoms with Gasteiger partial charge < -0.3 is 15.1 Å². The van der Waals surface area contributed by atoms with Gasteiger partial charge >= 0.3 is 5.97 Å². The first kappa shape index (κ1) is 19.4. The van der Waals surface area contributed by atoms with Crippen LogP contribution in [0.2, 0.25) is 0 Å². The minimum atomic E-state index is -1.09. The maximum atomic E-state index is 13.0. The van der Waals surface area contributed by atoms with E-state index in [1.807, 2.05) is 6.92 Å². The van der Waals surface area contributed by atoms with Crippen molar-refractivity contribution in [2.75, 3.05) is 13.1 Å². The van der Waals surface area contributed by atoms with Gasteiger partial charge in [-0.15, -0.1) is 11.8 Å². The summed E-state index contributed by atoms with van der Waals surface area (Å²) in [6, 6.07) is 6.17. The van der Waals surface area contributed by atoms with Gasteiger partial charge in [-0.25, -0.2) is 9.18 Å². The van der Waals surface area contributed by atoms with Crippen molar-refractivity contribution in [1.29, 1.82) is 0 Å². The fourth-order valence-electron chi connectivity index (χ4n) is 4.43. The Hall–Kier alpha value is -1.90. The topological polar surface area (TPSA) is 81.1 Å². The molecule has 0 spiro atoms. The first-order valence-corrected chi connectivity index (χ1v) is 10.3. The second-order valence-electron chi connectivity index (χ2n) is 7.83. The lowest BCUT2D eigenvalue weighted by atomic mass is 9.79. The molecular formula is C20H23FN2O4S. The lowest BCUT2D eigenvalue weighted by Gasteiger charge is -2.46. The predicted octanol–water partition coefficient (Wildman–Crippen LogP) is 1.90. The molecule has 1 aromatic rings. The van der Waals surface area contributed by atoms with Gasteiger partial charge in [-0.05, 0) is 24.6 Å². The van der Waals surface area contributed by atoms with Crippen molar-refractivity contribution in [2.24, 2.45) is 11.8 Å². The molecule has 0 aliphatic carbocycles. The van der Waals surface area contributed by atoms with E-state index < -0.39 is 18.0 Å². The molecule has 0 aromatic heterocycles. The molecule has 150 valence electrons. The minimum Gasteiger partial charge on any atom is -0.477 e. The number of aliphatic hydroxyl groups excluding tert-OH is 1. The highest BCUT2D eigenvalue weighted by Crippen LogP contribution is 2.51. The molecule has 4 atom stereocenters. The number of amides is 1. The third kappa shape index (κ3) is 3.13. The van der Waals surface area contributed by atoms with E-state index in [1.165, 1.54) is 17.0 Å². The van der Waals surface area contributed by atoms with E-state index in [4.69, 9.17) is 0 Å². The number of benzene rings is 1. The lowest BCUT2D eigenvalue weighted by Crippen LogP contribution is -2.63. The molecule has 2 N–H and O–H groups in total. The SMILES string of the molecule is CC(O)C1C(=O)N2C(C(=O)O)=C(SC3CN(Cc4ccc(F)cc4)C3)C(C)[C@H]12. The van der Waals surface area contributed by atoms with Crippen molar-refractivity contribution in [3.8, 4) is 0 Å². The third-order valence-electron chi connectivity index (χ3n) is 5.85. The Morgan fingerprint density at radius 1 is 1.32 bits per heavy atom. The van der Waals surface area contributed by atoms with Gasteiger partial charge in [-0.2, -0.15) is 0 Å². The number of aliphatic hydroxyl groups is 1. The third-order valence-corrected chi connectivity index (χ3v) is 7.30. The molecule has 4 rings (SSSR count). The van der Waals surface area contributed by atoms with Crippen LogP contribution < -0.4 is 0 Å². The molecule has 3 aliphatic heterocycles. The molecule has 1 aromatic carbocycles. The summed E-state index contributed by atoms with van der Waals surface area (Å²) in [7, 11) is 0. The fraction of sp³-hybridized carbons (Fsp3) is 0.500. The van der Waals surface area contributed by atoms with Crippen molar-refractivity contribution in [3.63, 3.8) is 0 Å². The van der Waals surface area contributed by atoms with Gasteiger partial charge in [0.1, 0.15) is 11.5 Å². The van der Waals surface area contributed by atoms with Crippen molar-refractivity contribution < 1.29 is 24.2 Å². The van der Waals surface area contributed by atoms with Crippen LogP contribution in [0.1, 0.15) is 19.4 Å². The Morgan fingerprint density at radius 3 is 2.54 bits per heavy atom. The summed E-state index contributed by atoms with van der Waals surface area (Å²) in [6.07, 6.45) is -0.787. The maximum absolute atomic E-state index is 13.0. The average Bonchev–Trinajstić information content (AvgIpc) is 2.83. The molecule has 3 unspecified atom stereocenters. The summed E-state index contributed by atoms with van der Waals surface area (Å²) in [6.45, 7) is 5.87. The number of hydrogen-bond donors (Lipinski definition) is 2. The van der Waals surface area contributed by atoms with Crippen molar-refractivity contribution >= 4 is 23.6 Å². The number of β-lactam (4-membered cyclic amide) rings is 1. The highest BCUT2D eigenvalue weighted by Gasteiger charge is 2.60. The van der Waals surface area contributed by atoms with Gasteiger partial charge in [0.25, 0.3) is 0 Å². The standard InChI is InChI=1S/C20H23FN2O4S/c1-10-16-15(11(2)24)19(25)23(16)17(20(26)27)18(10)28-14-8-22(9-14)7-12-3-5-13(21)6-4-12/h3-6,10-11,14-16,24H,7-9H2,1-2H3,(H,26,27)/t10?,11?,15?,16-/m1/s1. The molecule has 0 saturated carbocycles. The normalized spacial score (nSPS) is 28.8. The van der Waals surface area contributed by atoms with Gasteiger partial charge in [-0.1, -0.05) is 19.1 Å². The number of nitrogens with zero attached hydrogens (tertiary/aromatic N) is 2. The Labute approximate surface area is 167 Å². The molecule has 3 aliphatic rings. The number of halogens is 1. The summed E-state index contributed by atoms with van der Waals surface area (Å²) in [5, 5.41) is 19.8. The number of aliphatic carboxylic acids is 1. The minimum absolute atomic E-state index is 0.0846. The van der Waals surface area contributed by atoms with Crippen LogP contribution in [-0.4, -0.2) is 62.4 Å². The molecule has 1 amide bonds. The zero-order valence-electron chi connectivity index (χ0n) is 15.7. The molecule has 2 saturated heterocycles. The molecule has 0 bridgehead atoms. The van der Waals surface area contributed by atoms with E-state index in [0.29, 0.717) is 0 Å². The summed E-state index contributed by atoms with van der Waals surface area (Å²) in [5.74, 6) is -2.26. The monoisotopic (exact) mass is 406 g/mol. The number of carbonyl (C=O) groups excluding carboxylic acids is 1. The zero-order valence-corrected chi connectivity index (χ0v) is 16.5. The highest BCUT2D eigenvalue weighted by atomic mass is 32.2. The van der Waals surface area contributed by atoms with Crippen LogP contribution in [0.15, 0.2) is 34.9 Å². The van der Waals surface area contributed by atoms with Gasteiger partial charge in [-0.3, -0.25) is 9.69 Å². The number of carboxylic acid groups (broad SMARTS) is 1. The van der Waals surface area contributed by atoms with Crippen LogP contribution in [0.3, 0.4) is 0 Å². The first-order valence-electron chi connectivity index (χ1n) is 9.40. The summed E-state index contributed by atoms with van der Waals surface area (Å²) in [5.41, 5.74) is 1.13. The van der Waals surface area contributed by atoms with Crippen molar-refractivity contribution in [2.45, 2.75) is 37.8 Å². The molecule has 0 radical (unpaired) electrons. The van der Waals surface area contributed by atoms with Crippen LogP contribution in [0.25, 0.3) is 0 Å². The van der Waals surface area contributed by atoms with Crippen LogP contribution in [0, 0.1) is 17.7 Å². The van der Waals surface area contributed by atoms with E-state index in [-0.39, 0.29) is 34.6 Å². The average molecular weight is 406 g/mol. The molecule has 8 heteroatoms. The van der Waals surface area contributed by atoms with Gasteiger partial charge in [0.05, 0.1) is 18.1 Å². The largest absolute Gasteiger partial charge is 0.477 e. The van der Waals surface area contributed by atoms with Crippen LogP contribution in [-0.2, 0) is 16.1 Å². The molecule has 3 heterocycles. The van der Waals surface area contributed by atoms with E-state index in [1.54, 1.807) is 30.8 Å². The van der Waals surface area contributed by atoms with Crippen molar-refractivity contribution in [1.82, 2.24) is 9.80 Å². The molecule has 2 fully saturated rings. The zero-order chi connectivity index (χ0) is 20.2. The highest BCUT2D eigenvalue weighted by molar-refractivity contribution is 8.03. The van der Waals surface area contributed by atoms with Crippen LogP contribution >= 0.6 is 11.8 Å². The van der Waals surface area contributed by atoms with Gasteiger partial charge in [0.15, 0.2) is 0 Å². The van der Waals surface area contributed by atoms with E-state index >= 15 is 0 Å². The number of hydrogen-bond acceptors (Lipinski definition) is 5.